The molecule has 1 aromatic heterocycles. The van der Waals surface area contributed by atoms with Gasteiger partial charge in [0.2, 0.25) is 0 Å². The van der Waals surface area contributed by atoms with Gasteiger partial charge in [-0.25, -0.2) is 0 Å². The number of benzene rings is 1. The maximum Gasteiger partial charge on any atom is 0.191 e. The van der Waals surface area contributed by atoms with Crippen molar-refractivity contribution in [1.29, 1.82) is 0 Å². The van der Waals surface area contributed by atoms with E-state index in [-0.39, 0.29) is 36.0 Å². The highest BCUT2D eigenvalue weighted by Crippen LogP contribution is 2.30. The first-order valence-corrected chi connectivity index (χ1v) is 10.3. The first-order valence-electron chi connectivity index (χ1n) is 10.3. The number of guanidine groups is 1. The fourth-order valence-corrected chi connectivity index (χ4v) is 3.62. The second-order valence-corrected chi connectivity index (χ2v) is 7.36. The number of aryl methyl sites for hydroxylation is 1. The molecule has 0 fully saturated rings. The van der Waals surface area contributed by atoms with Crippen molar-refractivity contribution in [2.24, 2.45) is 10.4 Å². The first kappa shape index (κ1) is 24.8. The molecule has 28 heavy (non-hydrogen) atoms. The third-order valence-corrected chi connectivity index (χ3v) is 5.76. The van der Waals surface area contributed by atoms with Gasteiger partial charge >= 0.3 is 0 Å². The summed E-state index contributed by atoms with van der Waals surface area (Å²) in [5, 5.41) is 17.5. The largest absolute Gasteiger partial charge is 0.396 e. The highest BCUT2D eigenvalue weighted by atomic mass is 127. The van der Waals surface area contributed by atoms with Gasteiger partial charge < -0.3 is 20.7 Å². The second kappa shape index (κ2) is 12.3. The molecule has 2 aromatic rings. The summed E-state index contributed by atoms with van der Waals surface area (Å²) < 4.78 is 0. The van der Waals surface area contributed by atoms with Gasteiger partial charge in [0.1, 0.15) is 0 Å². The third kappa shape index (κ3) is 6.37. The number of hydrogen-bond donors (Lipinski definition) is 4. The summed E-state index contributed by atoms with van der Waals surface area (Å²) in [5.41, 5.74) is 3.92. The number of H-pyrrole nitrogens is 1. The van der Waals surface area contributed by atoms with Gasteiger partial charge in [0.05, 0.1) is 0 Å². The number of para-hydroxylation sites is 1. The zero-order valence-corrected chi connectivity index (χ0v) is 20.1. The van der Waals surface area contributed by atoms with Crippen LogP contribution in [0.5, 0.6) is 0 Å². The van der Waals surface area contributed by atoms with E-state index in [0.717, 1.165) is 51.3 Å². The number of aliphatic hydroxyl groups is 1. The molecule has 0 aliphatic carbocycles. The molecule has 0 amide bonds. The van der Waals surface area contributed by atoms with Gasteiger partial charge in [-0.3, -0.25) is 4.99 Å². The fourth-order valence-electron chi connectivity index (χ4n) is 3.62. The van der Waals surface area contributed by atoms with E-state index in [9.17, 15) is 5.11 Å². The standard InChI is InChI=1S/C22H36N4O.HI/c1-5-22(6-2,12-14-27)16-26-21(23-7-3)24-13-11-18-15-25-20-17(4)9-8-10-19(18)20;/h8-10,15,25,27H,5-7,11-14,16H2,1-4H3,(H2,23,24,26);1H. The maximum absolute atomic E-state index is 9.40. The summed E-state index contributed by atoms with van der Waals surface area (Å²) in [4.78, 5) is 8.21. The molecule has 1 aromatic carbocycles. The van der Waals surface area contributed by atoms with Crippen LogP contribution in [0, 0.1) is 12.3 Å². The highest BCUT2D eigenvalue weighted by Gasteiger charge is 2.25. The third-order valence-electron chi connectivity index (χ3n) is 5.76. The van der Waals surface area contributed by atoms with Crippen molar-refractivity contribution in [3.05, 3.63) is 35.5 Å². The quantitative estimate of drug-likeness (QED) is 0.222. The first-order chi connectivity index (χ1) is 13.1. The Labute approximate surface area is 186 Å². The van der Waals surface area contributed by atoms with Gasteiger partial charge in [-0.2, -0.15) is 0 Å². The smallest absolute Gasteiger partial charge is 0.191 e. The highest BCUT2D eigenvalue weighted by molar-refractivity contribution is 14.0. The number of nitrogens with zero attached hydrogens (tertiary/aromatic N) is 1. The molecular weight excluding hydrogens is 463 g/mol. The van der Waals surface area contributed by atoms with E-state index in [1.54, 1.807) is 0 Å². The Morgan fingerprint density at radius 1 is 1.18 bits per heavy atom. The molecule has 0 saturated carbocycles. The van der Waals surface area contributed by atoms with Gasteiger partial charge in [-0.15, -0.1) is 24.0 Å². The van der Waals surface area contributed by atoms with Crippen molar-refractivity contribution in [3.63, 3.8) is 0 Å². The summed E-state index contributed by atoms with van der Waals surface area (Å²) in [6.07, 6.45) is 5.92. The van der Waals surface area contributed by atoms with Crippen LogP contribution in [-0.2, 0) is 6.42 Å². The molecule has 0 spiro atoms. The Hall–Kier alpha value is -1.28. The lowest BCUT2D eigenvalue weighted by molar-refractivity contribution is 0.175. The Kier molecular flexibility index (Phi) is 10.9. The van der Waals surface area contributed by atoms with Gasteiger partial charge in [0.15, 0.2) is 5.96 Å². The number of aromatic amines is 1. The predicted molar refractivity (Wildman–Crippen MR) is 131 cm³/mol. The van der Waals surface area contributed by atoms with Gasteiger partial charge in [-0.05, 0) is 56.1 Å². The summed E-state index contributed by atoms with van der Waals surface area (Å²) in [5.74, 6) is 0.859. The van der Waals surface area contributed by atoms with Crippen LogP contribution in [0.25, 0.3) is 10.9 Å². The molecule has 5 nitrogen and oxygen atoms in total. The predicted octanol–water partition coefficient (Wildman–Crippen LogP) is 4.38. The maximum atomic E-state index is 9.40. The molecule has 6 heteroatoms. The van der Waals surface area contributed by atoms with Crippen LogP contribution >= 0.6 is 24.0 Å². The minimum Gasteiger partial charge on any atom is -0.396 e. The van der Waals surface area contributed by atoms with E-state index >= 15 is 0 Å². The number of aliphatic hydroxyl groups excluding tert-OH is 1. The molecular formula is C22H37IN4O. The Morgan fingerprint density at radius 3 is 2.57 bits per heavy atom. The Morgan fingerprint density at radius 2 is 1.93 bits per heavy atom. The average Bonchev–Trinajstić information content (AvgIpc) is 3.09. The minimum absolute atomic E-state index is 0. The summed E-state index contributed by atoms with van der Waals surface area (Å²) in [6, 6.07) is 6.43. The number of aromatic nitrogens is 1. The SMILES string of the molecule is CCNC(=NCC(CC)(CC)CCO)NCCc1c[nH]c2c(C)cccc12.I. The lowest BCUT2D eigenvalue weighted by Crippen LogP contribution is -2.39. The molecule has 1 heterocycles. The second-order valence-electron chi connectivity index (χ2n) is 7.36. The van der Waals surface area contributed by atoms with Crippen molar-refractivity contribution in [2.75, 3.05) is 26.2 Å². The van der Waals surface area contributed by atoms with E-state index in [1.807, 2.05) is 0 Å². The fraction of sp³-hybridized carbons (Fsp3) is 0.591. The number of fused-ring (bicyclic) bond motifs is 1. The Balaban J connectivity index is 0.00000392. The molecule has 0 saturated heterocycles. The lowest BCUT2D eigenvalue weighted by atomic mass is 9.79. The van der Waals surface area contributed by atoms with Crippen molar-refractivity contribution in [1.82, 2.24) is 15.6 Å². The zero-order chi connectivity index (χ0) is 19.7. The van der Waals surface area contributed by atoms with Crippen LogP contribution in [0.2, 0.25) is 0 Å². The van der Waals surface area contributed by atoms with Crippen LogP contribution in [-0.4, -0.2) is 42.3 Å². The van der Waals surface area contributed by atoms with E-state index < -0.39 is 0 Å². The van der Waals surface area contributed by atoms with Crippen molar-refractivity contribution < 1.29 is 5.11 Å². The number of rotatable bonds is 10. The molecule has 4 N–H and O–H groups in total. The molecule has 0 aliphatic heterocycles. The number of nitrogens with one attached hydrogen (secondary N) is 3. The summed E-state index contributed by atoms with van der Waals surface area (Å²) in [7, 11) is 0. The van der Waals surface area contributed by atoms with Gasteiger partial charge in [-0.1, -0.05) is 32.0 Å². The lowest BCUT2D eigenvalue weighted by Gasteiger charge is -2.29. The van der Waals surface area contributed by atoms with Crippen LogP contribution in [0.3, 0.4) is 0 Å². The number of hydrogen-bond acceptors (Lipinski definition) is 2. The summed E-state index contributed by atoms with van der Waals surface area (Å²) in [6.45, 7) is 11.2. The molecule has 2 rings (SSSR count). The van der Waals surface area contributed by atoms with E-state index in [4.69, 9.17) is 4.99 Å². The molecule has 0 bridgehead atoms. The van der Waals surface area contributed by atoms with Crippen LogP contribution in [0.15, 0.2) is 29.4 Å². The van der Waals surface area contributed by atoms with E-state index in [1.165, 1.54) is 22.0 Å². The van der Waals surface area contributed by atoms with Crippen LogP contribution in [0.4, 0.5) is 0 Å². The number of halogens is 1. The van der Waals surface area contributed by atoms with Gasteiger partial charge in [0.25, 0.3) is 0 Å². The van der Waals surface area contributed by atoms with Crippen molar-refractivity contribution in [2.45, 2.75) is 53.4 Å². The topological polar surface area (TPSA) is 72.4 Å². The molecule has 0 aliphatic rings. The molecule has 0 atom stereocenters. The van der Waals surface area contributed by atoms with Crippen LogP contribution < -0.4 is 10.6 Å². The average molecular weight is 500 g/mol. The molecule has 0 radical (unpaired) electrons. The number of aliphatic imine (C=N–C) groups is 1. The minimum atomic E-state index is 0. The van der Waals surface area contributed by atoms with Gasteiger partial charge in [0, 0.05) is 43.3 Å². The van der Waals surface area contributed by atoms with E-state index in [2.05, 4.69) is 67.7 Å². The zero-order valence-electron chi connectivity index (χ0n) is 17.8. The Bertz CT molecular complexity index is 737. The van der Waals surface area contributed by atoms with Crippen molar-refractivity contribution in [3.8, 4) is 0 Å². The van der Waals surface area contributed by atoms with E-state index in [0.29, 0.717) is 0 Å². The van der Waals surface area contributed by atoms with Crippen LogP contribution in [0.1, 0.15) is 51.2 Å². The normalized spacial score (nSPS) is 12.1. The molecule has 0 unspecified atom stereocenters. The summed E-state index contributed by atoms with van der Waals surface area (Å²) >= 11 is 0. The van der Waals surface area contributed by atoms with Crippen molar-refractivity contribution >= 4 is 40.8 Å². The monoisotopic (exact) mass is 500 g/mol. The molecule has 158 valence electrons.